The number of thioether (sulfide) groups is 1. The number of nitro groups is 2. The second-order valence-electron chi connectivity index (χ2n) is 5.15. The van der Waals surface area contributed by atoms with Gasteiger partial charge in [-0.1, -0.05) is 0 Å². The van der Waals surface area contributed by atoms with Crippen LogP contribution in [-0.2, 0) is 19.1 Å². The molecule has 1 heterocycles. The van der Waals surface area contributed by atoms with Crippen molar-refractivity contribution < 1.29 is 29.0 Å². The Balaban J connectivity index is 0.000000472. The number of esters is 1. The summed E-state index contributed by atoms with van der Waals surface area (Å²) in [7, 11) is 2.85. The lowest BCUT2D eigenvalue weighted by Crippen LogP contribution is -2.68. The van der Waals surface area contributed by atoms with E-state index in [4.69, 9.17) is 0 Å². The van der Waals surface area contributed by atoms with Crippen LogP contribution in [0.2, 0.25) is 0 Å². The van der Waals surface area contributed by atoms with E-state index in [2.05, 4.69) is 10.1 Å². The van der Waals surface area contributed by atoms with E-state index in [1.807, 2.05) is 0 Å². The number of likely N-dealkylation sites (tertiary alicyclic amines) is 1. The smallest absolute Gasteiger partial charge is 0.467 e. The van der Waals surface area contributed by atoms with Crippen LogP contribution in [0.15, 0.2) is 0 Å². The minimum absolute atomic E-state index is 0.104. The molecule has 25 heavy (non-hydrogen) atoms. The molecule has 1 saturated heterocycles. The number of amides is 1. The van der Waals surface area contributed by atoms with Crippen molar-refractivity contribution in [1.29, 1.82) is 0 Å². The minimum Gasteiger partial charge on any atom is -0.467 e. The summed E-state index contributed by atoms with van der Waals surface area (Å²) in [4.78, 5) is 52.2. The first-order valence-corrected chi connectivity index (χ1v) is 8.10. The highest BCUT2D eigenvalue weighted by Crippen LogP contribution is 2.22. The molecule has 0 bridgehead atoms. The molecule has 12 nitrogen and oxygen atoms in total. The van der Waals surface area contributed by atoms with Crippen molar-refractivity contribution in [2.45, 2.75) is 18.6 Å². The lowest BCUT2D eigenvalue weighted by atomic mass is 10.0. The zero-order valence-electron chi connectivity index (χ0n) is 14.0. The van der Waals surface area contributed by atoms with Gasteiger partial charge in [0.25, 0.3) is 0 Å². The number of carbonyl (C=O) groups is 3. The van der Waals surface area contributed by atoms with Crippen LogP contribution in [0.3, 0.4) is 0 Å². The molecule has 0 aromatic carbocycles. The summed E-state index contributed by atoms with van der Waals surface area (Å²) in [6.45, 7) is 1.11. The summed E-state index contributed by atoms with van der Waals surface area (Å²) in [5.41, 5.74) is -1.94. The summed E-state index contributed by atoms with van der Waals surface area (Å²) in [6.07, 6.45) is 0.743. The Bertz CT molecular complexity index is 507. The fourth-order valence-corrected chi connectivity index (χ4v) is 2.59. The van der Waals surface area contributed by atoms with Gasteiger partial charge in [-0.15, -0.1) is 0 Å². The Morgan fingerprint density at radius 3 is 2.16 bits per heavy atom. The topological polar surface area (TPSA) is 162 Å². The molecule has 13 heteroatoms. The Labute approximate surface area is 147 Å². The van der Waals surface area contributed by atoms with Crippen LogP contribution in [0.5, 0.6) is 0 Å². The molecule has 1 atom stereocenters. The maximum absolute atomic E-state index is 11.1. The number of aldehydes is 1. The van der Waals surface area contributed by atoms with E-state index >= 15 is 0 Å². The second kappa shape index (κ2) is 10.6. The normalized spacial score (nSPS) is 16.3. The van der Waals surface area contributed by atoms with Gasteiger partial charge in [0.05, 0.1) is 7.11 Å². The Kier molecular flexibility index (Phi) is 9.59. The van der Waals surface area contributed by atoms with E-state index in [-0.39, 0.29) is 19.0 Å². The first-order chi connectivity index (χ1) is 11.6. The molecular formula is C12H20N4O8S. The molecule has 1 aliphatic rings. The molecule has 1 unspecified atom stereocenters. The zero-order valence-corrected chi connectivity index (χ0v) is 14.8. The SMILES string of the molecule is CN1CC([N+](=O)[O-])([N+](=O)[O-])C1.COC(=O)C(CSCC=O)NC(C)=O. The van der Waals surface area contributed by atoms with E-state index in [1.54, 1.807) is 7.05 Å². The Morgan fingerprint density at radius 1 is 1.36 bits per heavy atom. The van der Waals surface area contributed by atoms with Crippen LogP contribution < -0.4 is 5.32 Å². The third-order valence-corrected chi connectivity index (χ3v) is 4.00. The highest BCUT2D eigenvalue weighted by atomic mass is 32.2. The van der Waals surface area contributed by atoms with E-state index in [0.717, 1.165) is 6.29 Å². The predicted octanol–water partition coefficient (Wildman–Crippen LogP) is -1.22. The number of methoxy groups -OCH3 is 1. The predicted molar refractivity (Wildman–Crippen MR) is 87.2 cm³/mol. The number of rotatable bonds is 8. The fraction of sp³-hybridized carbons (Fsp3) is 0.750. The van der Waals surface area contributed by atoms with Gasteiger partial charge in [0, 0.05) is 18.4 Å². The van der Waals surface area contributed by atoms with E-state index in [1.165, 1.54) is 30.7 Å². The largest absolute Gasteiger partial charge is 0.482 e. The Morgan fingerprint density at radius 2 is 1.88 bits per heavy atom. The number of ether oxygens (including phenoxy) is 1. The highest BCUT2D eigenvalue weighted by Gasteiger charge is 2.64. The monoisotopic (exact) mass is 380 g/mol. The van der Waals surface area contributed by atoms with Crippen LogP contribution in [0.4, 0.5) is 0 Å². The van der Waals surface area contributed by atoms with Gasteiger partial charge in [0.15, 0.2) is 0 Å². The standard InChI is InChI=1S/C8H13NO4S.C4H7N3O4/c1-6(11)9-7(8(12)13-2)5-14-4-3-10;1-5-2-4(3-5,6(8)9)7(10)11/h3,7H,4-5H2,1-2H3,(H,9,11);2-3H2,1H3. The van der Waals surface area contributed by atoms with Gasteiger partial charge < -0.3 is 14.8 Å². The summed E-state index contributed by atoms with van der Waals surface area (Å²) in [6, 6.07) is -0.678. The molecule has 0 radical (unpaired) electrons. The van der Waals surface area contributed by atoms with Gasteiger partial charge in [-0.05, 0) is 7.05 Å². The lowest BCUT2D eigenvalue weighted by molar-refractivity contribution is -0.810. The van der Waals surface area contributed by atoms with Crippen molar-refractivity contribution in [2.75, 3.05) is 38.8 Å². The first-order valence-electron chi connectivity index (χ1n) is 6.94. The van der Waals surface area contributed by atoms with Crippen LogP contribution in [0, 0.1) is 20.2 Å². The van der Waals surface area contributed by atoms with Gasteiger partial charge in [-0.3, -0.25) is 29.9 Å². The fourth-order valence-electron chi connectivity index (χ4n) is 1.91. The molecule has 1 fully saturated rings. The number of hydrogen-bond acceptors (Lipinski definition) is 10. The zero-order chi connectivity index (χ0) is 19.6. The van der Waals surface area contributed by atoms with E-state index in [0.29, 0.717) is 11.5 Å². The quantitative estimate of drug-likeness (QED) is 0.135. The van der Waals surface area contributed by atoms with Crippen molar-refractivity contribution >= 4 is 29.9 Å². The summed E-state index contributed by atoms with van der Waals surface area (Å²) < 4.78 is 4.49. The highest BCUT2D eigenvalue weighted by molar-refractivity contribution is 7.99. The molecule has 1 rings (SSSR count). The molecule has 1 amide bonds. The molecule has 1 N–H and O–H groups in total. The maximum atomic E-state index is 11.1. The molecule has 142 valence electrons. The van der Waals surface area contributed by atoms with Crippen LogP contribution in [0.1, 0.15) is 6.92 Å². The lowest BCUT2D eigenvalue weighted by Gasteiger charge is -2.32. The molecule has 0 aromatic heterocycles. The molecule has 1 aliphatic heterocycles. The van der Waals surface area contributed by atoms with Crippen molar-refractivity contribution in [3.05, 3.63) is 20.2 Å². The maximum Gasteiger partial charge on any atom is 0.482 e. The van der Waals surface area contributed by atoms with Crippen molar-refractivity contribution in [1.82, 2.24) is 10.2 Å². The van der Waals surface area contributed by atoms with Gasteiger partial charge in [-0.25, -0.2) is 4.79 Å². The summed E-state index contributed by atoms with van der Waals surface area (Å²) in [5, 5.41) is 22.9. The average Bonchev–Trinajstić information content (AvgIpc) is 2.49. The van der Waals surface area contributed by atoms with Gasteiger partial charge in [0.2, 0.25) is 5.91 Å². The number of hydrogen-bond donors (Lipinski definition) is 1. The first kappa shape index (κ1) is 22.7. The third-order valence-electron chi connectivity index (χ3n) is 3.06. The molecule has 0 aliphatic carbocycles. The van der Waals surface area contributed by atoms with Crippen molar-refractivity contribution in [3.8, 4) is 0 Å². The summed E-state index contributed by atoms with van der Waals surface area (Å²) >= 11 is 1.26. The Hall–Kier alpha value is -2.28. The average molecular weight is 380 g/mol. The molecular weight excluding hydrogens is 360 g/mol. The van der Waals surface area contributed by atoms with Crippen LogP contribution >= 0.6 is 11.8 Å². The van der Waals surface area contributed by atoms with Gasteiger partial charge in [-0.2, -0.15) is 11.8 Å². The van der Waals surface area contributed by atoms with Crippen LogP contribution in [-0.4, -0.2) is 83.4 Å². The summed E-state index contributed by atoms with van der Waals surface area (Å²) in [5.74, 6) is -0.163. The molecule has 0 saturated carbocycles. The van der Waals surface area contributed by atoms with Gasteiger partial charge in [0.1, 0.15) is 35.3 Å². The molecule has 0 spiro atoms. The minimum atomic E-state index is -1.94. The van der Waals surface area contributed by atoms with Gasteiger partial charge >= 0.3 is 11.6 Å². The van der Waals surface area contributed by atoms with E-state index in [9.17, 15) is 34.6 Å². The van der Waals surface area contributed by atoms with Crippen molar-refractivity contribution in [2.24, 2.45) is 0 Å². The number of carbonyl (C=O) groups excluding carboxylic acids is 3. The number of likely N-dealkylation sites (N-methyl/N-ethyl adjacent to an activating group) is 1. The third kappa shape index (κ3) is 7.01. The second-order valence-corrected chi connectivity index (χ2v) is 6.22. The number of nitrogens with zero attached hydrogens (tertiary/aromatic N) is 3. The van der Waals surface area contributed by atoms with Crippen molar-refractivity contribution in [3.63, 3.8) is 0 Å². The van der Waals surface area contributed by atoms with Crippen LogP contribution in [0.25, 0.3) is 0 Å². The number of nitrogens with one attached hydrogen (secondary N) is 1. The van der Waals surface area contributed by atoms with E-state index < -0.39 is 27.5 Å². The molecule has 0 aromatic rings.